The lowest BCUT2D eigenvalue weighted by Crippen LogP contribution is -2.27. The maximum Gasteiger partial charge on any atom is 0.255 e. The molecule has 158 valence electrons. The highest BCUT2D eigenvalue weighted by Crippen LogP contribution is 2.23. The Balaban J connectivity index is 1.72. The van der Waals surface area contributed by atoms with E-state index in [2.05, 4.69) is 10.5 Å². The number of nitrogens with zero attached hydrogens (tertiary/aromatic N) is 1. The van der Waals surface area contributed by atoms with Crippen molar-refractivity contribution in [3.05, 3.63) is 76.7 Å². The largest absolute Gasteiger partial charge is 0.488 e. The molecule has 0 aliphatic rings. The van der Waals surface area contributed by atoms with Crippen molar-refractivity contribution < 1.29 is 22.5 Å². The Morgan fingerprint density at radius 3 is 2.40 bits per heavy atom. The molecule has 0 spiro atoms. The summed E-state index contributed by atoms with van der Waals surface area (Å²) in [5.41, 5.74) is 2.80. The highest BCUT2D eigenvalue weighted by atomic mass is 32.2. The first-order valence-electron chi connectivity index (χ1n) is 9.41. The van der Waals surface area contributed by atoms with Crippen LogP contribution in [-0.4, -0.2) is 25.7 Å². The van der Waals surface area contributed by atoms with Gasteiger partial charge in [-0.2, -0.15) is 0 Å². The van der Waals surface area contributed by atoms with E-state index in [1.165, 1.54) is 12.1 Å². The van der Waals surface area contributed by atoms with Crippen LogP contribution in [0.4, 0.5) is 0 Å². The number of sulfone groups is 1. The number of para-hydroxylation sites is 1. The van der Waals surface area contributed by atoms with E-state index in [0.29, 0.717) is 17.1 Å². The molecule has 2 aromatic carbocycles. The topological polar surface area (TPSA) is 98.5 Å². The number of hydrogen-bond acceptors (Lipinski definition) is 6. The van der Waals surface area contributed by atoms with E-state index in [-0.39, 0.29) is 23.5 Å². The molecule has 1 heterocycles. The fourth-order valence-electron chi connectivity index (χ4n) is 3.00. The minimum absolute atomic E-state index is 0.239. The molecular formula is C22H24N2O5S. The monoisotopic (exact) mass is 428 g/mol. The predicted molar refractivity (Wildman–Crippen MR) is 112 cm³/mol. The van der Waals surface area contributed by atoms with E-state index in [1.807, 2.05) is 20.8 Å². The van der Waals surface area contributed by atoms with Crippen LogP contribution in [0.5, 0.6) is 5.75 Å². The van der Waals surface area contributed by atoms with E-state index in [1.54, 1.807) is 36.4 Å². The van der Waals surface area contributed by atoms with Crippen LogP contribution >= 0.6 is 0 Å². The van der Waals surface area contributed by atoms with Crippen LogP contribution in [0, 0.1) is 13.8 Å². The second-order valence-electron chi connectivity index (χ2n) is 7.12. The van der Waals surface area contributed by atoms with Gasteiger partial charge in [0.15, 0.2) is 9.84 Å². The quantitative estimate of drug-likeness (QED) is 0.615. The van der Waals surface area contributed by atoms with Gasteiger partial charge in [-0.3, -0.25) is 4.79 Å². The molecule has 3 rings (SSSR count). The van der Waals surface area contributed by atoms with Gasteiger partial charge < -0.3 is 14.6 Å². The third-order valence-electron chi connectivity index (χ3n) is 4.84. The molecule has 1 amide bonds. The van der Waals surface area contributed by atoms with Crippen molar-refractivity contribution in [3.63, 3.8) is 0 Å². The number of rotatable bonds is 7. The molecule has 0 aliphatic carbocycles. The summed E-state index contributed by atoms with van der Waals surface area (Å²) in [6.45, 7) is 5.73. The van der Waals surface area contributed by atoms with Gasteiger partial charge in [0.1, 0.15) is 18.1 Å². The average Bonchev–Trinajstić information content (AvgIpc) is 3.03. The standard InChI is InChI=1S/C22H24N2O5S/c1-14(17-9-11-18(12-10-17)30(4,26)27)23-22(25)19-7-5-6-8-21(19)28-13-20-15(2)24-29-16(20)3/h5-12,14H,13H2,1-4H3,(H,23,25)/t14-/m0/s1. The summed E-state index contributed by atoms with van der Waals surface area (Å²) < 4.78 is 34.2. The molecule has 0 fully saturated rings. The number of aromatic nitrogens is 1. The van der Waals surface area contributed by atoms with Gasteiger partial charge in [-0.05, 0) is 50.6 Å². The number of aryl methyl sites for hydroxylation is 2. The molecule has 0 saturated carbocycles. The van der Waals surface area contributed by atoms with Gasteiger partial charge in [-0.1, -0.05) is 29.4 Å². The van der Waals surface area contributed by atoms with Gasteiger partial charge in [0.05, 0.1) is 27.8 Å². The summed E-state index contributed by atoms with van der Waals surface area (Å²) in [5, 5.41) is 6.84. The molecule has 3 aromatic rings. The third-order valence-corrected chi connectivity index (χ3v) is 5.97. The first-order chi connectivity index (χ1) is 14.2. The summed E-state index contributed by atoms with van der Waals surface area (Å²) in [4.78, 5) is 13.1. The molecule has 0 radical (unpaired) electrons. The molecule has 0 aliphatic heterocycles. The predicted octanol–water partition coefficient (Wildman–Crippen LogP) is 3.76. The van der Waals surface area contributed by atoms with E-state index in [0.717, 1.165) is 23.1 Å². The van der Waals surface area contributed by atoms with Crippen LogP contribution in [-0.2, 0) is 16.4 Å². The van der Waals surface area contributed by atoms with Crippen LogP contribution in [0.2, 0.25) is 0 Å². The molecule has 30 heavy (non-hydrogen) atoms. The van der Waals surface area contributed by atoms with Gasteiger partial charge in [-0.25, -0.2) is 8.42 Å². The second-order valence-corrected chi connectivity index (χ2v) is 9.14. The van der Waals surface area contributed by atoms with Gasteiger partial charge in [-0.15, -0.1) is 0 Å². The number of carbonyl (C=O) groups excluding carboxylic acids is 1. The SMILES string of the molecule is Cc1noc(C)c1COc1ccccc1C(=O)N[C@@H](C)c1ccc(S(C)(=O)=O)cc1. The minimum Gasteiger partial charge on any atom is -0.488 e. The number of carbonyl (C=O) groups is 1. The molecule has 0 bridgehead atoms. The van der Waals surface area contributed by atoms with Crippen molar-refractivity contribution in [2.45, 2.75) is 38.3 Å². The Hall–Kier alpha value is -3.13. The van der Waals surface area contributed by atoms with Crippen LogP contribution in [0.15, 0.2) is 57.9 Å². The zero-order valence-electron chi connectivity index (χ0n) is 17.3. The van der Waals surface area contributed by atoms with Crippen molar-refractivity contribution in [1.82, 2.24) is 10.5 Å². The maximum atomic E-state index is 12.9. The van der Waals surface area contributed by atoms with Gasteiger partial charge in [0.2, 0.25) is 0 Å². The molecular weight excluding hydrogens is 404 g/mol. The highest BCUT2D eigenvalue weighted by molar-refractivity contribution is 7.90. The lowest BCUT2D eigenvalue weighted by Gasteiger charge is -2.17. The maximum absolute atomic E-state index is 12.9. The van der Waals surface area contributed by atoms with Gasteiger partial charge >= 0.3 is 0 Å². The number of benzene rings is 2. The van der Waals surface area contributed by atoms with E-state index < -0.39 is 9.84 Å². The smallest absolute Gasteiger partial charge is 0.255 e. The Kier molecular flexibility index (Phi) is 6.26. The summed E-state index contributed by atoms with van der Waals surface area (Å²) >= 11 is 0. The zero-order chi connectivity index (χ0) is 21.9. The Morgan fingerprint density at radius 1 is 1.13 bits per heavy atom. The molecule has 8 heteroatoms. The fourth-order valence-corrected chi connectivity index (χ4v) is 3.63. The summed E-state index contributed by atoms with van der Waals surface area (Å²) in [5.74, 6) is 0.847. The van der Waals surface area contributed by atoms with Crippen LogP contribution in [0.1, 0.15) is 45.9 Å². The van der Waals surface area contributed by atoms with Crippen molar-refractivity contribution >= 4 is 15.7 Å². The van der Waals surface area contributed by atoms with E-state index in [4.69, 9.17) is 9.26 Å². The second kappa shape index (κ2) is 8.71. The molecule has 1 atom stereocenters. The first-order valence-corrected chi connectivity index (χ1v) is 11.3. The number of nitrogens with one attached hydrogen (secondary N) is 1. The third kappa shape index (κ3) is 4.88. The van der Waals surface area contributed by atoms with Crippen molar-refractivity contribution in [2.75, 3.05) is 6.26 Å². The molecule has 0 saturated heterocycles. The van der Waals surface area contributed by atoms with Crippen molar-refractivity contribution in [2.24, 2.45) is 0 Å². The fraction of sp³-hybridized carbons (Fsp3) is 0.273. The van der Waals surface area contributed by atoms with Crippen LogP contribution in [0.25, 0.3) is 0 Å². The van der Waals surface area contributed by atoms with Crippen molar-refractivity contribution in [1.29, 1.82) is 0 Å². The molecule has 0 unspecified atom stereocenters. The molecule has 7 nitrogen and oxygen atoms in total. The van der Waals surface area contributed by atoms with Crippen LogP contribution in [0.3, 0.4) is 0 Å². The number of hydrogen-bond donors (Lipinski definition) is 1. The molecule has 1 aromatic heterocycles. The summed E-state index contributed by atoms with van der Waals surface area (Å²) in [7, 11) is -3.26. The number of amides is 1. The summed E-state index contributed by atoms with van der Waals surface area (Å²) in [6, 6.07) is 13.1. The van der Waals surface area contributed by atoms with Gasteiger partial charge in [0.25, 0.3) is 5.91 Å². The lowest BCUT2D eigenvalue weighted by molar-refractivity contribution is 0.0935. The summed E-state index contributed by atoms with van der Waals surface area (Å²) in [6.07, 6.45) is 1.16. The first kappa shape index (κ1) is 21.6. The van der Waals surface area contributed by atoms with Crippen LogP contribution < -0.4 is 10.1 Å². The number of ether oxygens (including phenoxy) is 1. The van der Waals surface area contributed by atoms with Crippen molar-refractivity contribution in [3.8, 4) is 5.75 Å². The Morgan fingerprint density at radius 2 is 1.80 bits per heavy atom. The molecule has 1 N–H and O–H groups in total. The zero-order valence-corrected chi connectivity index (χ0v) is 18.1. The Labute approximate surface area is 176 Å². The average molecular weight is 429 g/mol. The highest BCUT2D eigenvalue weighted by Gasteiger charge is 2.17. The minimum atomic E-state index is -3.26. The Bertz CT molecular complexity index is 1130. The van der Waals surface area contributed by atoms with E-state index >= 15 is 0 Å². The normalized spacial score (nSPS) is 12.4. The lowest BCUT2D eigenvalue weighted by atomic mass is 10.1. The van der Waals surface area contributed by atoms with E-state index in [9.17, 15) is 13.2 Å². The van der Waals surface area contributed by atoms with Gasteiger partial charge in [0, 0.05) is 6.26 Å².